The van der Waals surface area contributed by atoms with Gasteiger partial charge in [0, 0.05) is 17.5 Å². The van der Waals surface area contributed by atoms with Crippen molar-refractivity contribution in [2.75, 3.05) is 12.4 Å². The van der Waals surface area contributed by atoms with Crippen LogP contribution >= 0.6 is 11.8 Å². The molecule has 6 heteroatoms. The van der Waals surface area contributed by atoms with Crippen molar-refractivity contribution in [2.45, 2.75) is 12.5 Å². The van der Waals surface area contributed by atoms with Gasteiger partial charge in [-0.25, -0.2) is 4.79 Å². The lowest BCUT2D eigenvalue weighted by Gasteiger charge is -2.11. The van der Waals surface area contributed by atoms with E-state index >= 15 is 0 Å². The highest BCUT2D eigenvalue weighted by atomic mass is 32.2. The summed E-state index contributed by atoms with van der Waals surface area (Å²) >= 11 is 1.54. The first-order valence-corrected chi connectivity index (χ1v) is 5.28. The Hall–Kier alpha value is -1.01. The summed E-state index contributed by atoms with van der Waals surface area (Å²) < 4.78 is 6.73. The van der Waals surface area contributed by atoms with Crippen LogP contribution < -0.4 is 11.2 Å². The maximum Gasteiger partial charge on any atom is 0.331 e. The zero-order valence-corrected chi connectivity index (χ0v) is 8.47. The molecular formula is C8H10N2O3S. The van der Waals surface area contributed by atoms with Crippen molar-refractivity contribution < 1.29 is 4.74 Å². The first kappa shape index (κ1) is 9.54. The minimum Gasteiger partial charge on any atom is -0.347 e. The molecule has 2 rings (SSSR count). The van der Waals surface area contributed by atoms with E-state index in [2.05, 4.69) is 4.98 Å². The number of H-pyrrole nitrogens is 1. The van der Waals surface area contributed by atoms with Crippen molar-refractivity contribution in [3.8, 4) is 0 Å². The summed E-state index contributed by atoms with van der Waals surface area (Å²) in [5.74, 6) is 0.870. The molecule has 1 fully saturated rings. The number of aryl methyl sites for hydroxylation is 1. The highest BCUT2D eigenvalue weighted by molar-refractivity contribution is 7.99. The van der Waals surface area contributed by atoms with Crippen LogP contribution in [0.2, 0.25) is 0 Å². The molecule has 76 valence electrons. The first-order chi connectivity index (χ1) is 6.68. The number of rotatable bonds is 1. The summed E-state index contributed by atoms with van der Waals surface area (Å²) in [7, 11) is 0. The van der Waals surface area contributed by atoms with Gasteiger partial charge >= 0.3 is 5.69 Å². The minimum atomic E-state index is -0.417. The lowest BCUT2D eigenvalue weighted by atomic mass is 10.4. The van der Waals surface area contributed by atoms with Crippen molar-refractivity contribution >= 4 is 11.8 Å². The Bertz CT molecular complexity index is 445. The summed E-state index contributed by atoms with van der Waals surface area (Å²) in [5.41, 5.74) is -0.534. The fourth-order valence-electron chi connectivity index (χ4n) is 1.25. The van der Waals surface area contributed by atoms with Gasteiger partial charge in [-0.3, -0.25) is 14.3 Å². The SMILES string of the molecule is Cc1cn([C@@H]2OCCS2)c(=O)[nH]c1=O. The second kappa shape index (κ2) is 3.62. The molecule has 1 aromatic heterocycles. The van der Waals surface area contributed by atoms with E-state index in [-0.39, 0.29) is 11.1 Å². The van der Waals surface area contributed by atoms with Crippen LogP contribution in [0, 0.1) is 6.92 Å². The molecule has 0 radical (unpaired) electrons. The van der Waals surface area contributed by atoms with E-state index in [4.69, 9.17) is 4.74 Å². The fourth-order valence-corrected chi connectivity index (χ4v) is 2.15. The van der Waals surface area contributed by atoms with Crippen molar-refractivity contribution in [3.05, 3.63) is 32.6 Å². The molecule has 1 saturated heterocycles. The smallest absolute Gasteiger partial charge is 0.331 e. The molecule has 0 saturated carbocycles. The van der Waals surface area contributed by atoms with Crippen molar-refractivity contribution in [1.82, 2.24) is 9.55 Å². The van der Waals surface area contributed by atoms with Gasteiger partial charge in [0.1, 0.15) is 0 Å². The van der Waals surface area contributed by atoms with Gasteiger partial charge in [0.15, 0.2) is 5.56 Å². The second-order valence-corrected chi connectivity index (χ2v) is 4.17. The van der Waals surface area contributed by atoms with Gasteiger partial charge in [-0.15, -0.1) is 11.8 Å². The summed E-state index contributed by atoms with van der Waals surface area (Å²) in [6.07, 6.45) is 1.53. The zero-order chi connectivity index (χ0) is 10.1. The van der Waals surface area contributed by atoms with Crippen LogP contribution in [-0.2, 0) is 4.74 Å². The molecule has 0 aliphatic carbocycles. The Kier molecular flexibility index (Phi) is 2.47. The van der Waals surface area contributed by atoms with Gasteiger partial charge in [-0.2, -0.15) is 0 Å². The predicted molar refractivity (Wildman–Crippen MR) is 53.5 cm³/mol. The topological polar surface area (TPSA) is 64.1 Å². The maximum absolute atomic E-state index is 11.4. The standard InChI is InChI=1S/C8H10N2O3S/c1-5-4-10(7(12)9-6(5)11)8-13-2-3-14-8/h4,8H,2-3H2,1H3,(H,9,11,12)/t8-/m1/s1. The van der Waals surface area contributed by atoms with Crippen LogP contribution in [0.3, 0.4) is 0 Å². The summed E-state index contributed by atoms with van der Waals surface area (Å²) in [5, 5.41) is 0. The number of nitrogens with zero attached hydrogens (tertiary/aromatic N) is 1. The molecule has 0 spiro atoms. The van der Waals surface area contributed by atoms with E-state index in [1.807, 2.05) is 0 Å². The third kappa shape index (κ3) is 1.62. The molecule has 0 aromatic carbocycles. The highest BCUT2D eigenvalue weighted by Gasteiger charge is 2.19. The number of aromatic amines is 1. The average molecular weight is 214 g/mol. The molecule has 1 aliphatic rings. The Balaban J connectivity index is 2.47. The Morgan fingerprint density at radius 2 is 2.43 bits per heavy atom. The van der Waals surface area contributed by atoms with E-state index in [0.717, 1.165) is 5.75 Å². The molecule has 0 amide bonds. The first-order valence-electron chi connectivity index (χ1n) is 4.24. The number of ether oxygens (including phenoxy) is 1. The lowest BCUT2D eigenvalue weighted by molar-refractivity contribution is 0.0930. The summed E-state index contributed by atoms with van der Waals surface area (Å²) in [6, 6.07) is 0. The maximum atomic E-state index is 11.4. The normalized spacial score (nSPS) is 21.4. The lowest BCUT2D eigenvalue weighted by Crippen LogP contribution is -2.32. The number of hydrogen-bond donors (Lipinski definition) is 1. The molecule has 1 N–H and O–H groups in total. The quantitative estimate of drug-likeness (QED) is 0.718. The van der Waals surface area contributed by atoms with Gasteiger partial charge in [0.05, 0.1) is 6.61 Å². The molecule has 14 heavy (non-hydrogen) atoms. The van der Waals surface area contributed by atoms with E-state index in [1.54, 1.807) is 18.7 Å². The number of hydrogen-bond acceptors (Lipinski definition) is 4. The van der Waals surface area contributed by atoms with Crippen LogP contribution in [0.25, 0.3) is 0 Å². The van der Waals surface area contributed by atoms with Crippen LogP contribution in [-0.4, -0.2) is 21.9 Å². The third-order valence-corrected chi connectivity index (χ3v) is 3.03. The van der Waals surface area contributed by atoms with Gasteiger partial charge in [0.25, 0.3) is 5.56 Å². The van der Waals surface area contributed by atoms with E-state index in [0.29, 0.717) is 12.2 Å². The molecular weight excluding hydrogens is 204 g/mol. The Morgan fingerprint density at radius 3 is 3.07 bits per heavy atom. The van der Waals surface area contributed by atoms with Crippen molar-refractivity contribution in [1.29, 1.82) is 0 Å². The molecule has 0 bridgehead atoms. The van der Waals surface area contributed by atoms with Crippen LogP contribution in [0.1, 0.15) is 11.1 Å². The Morgan fingerprint density at radius 1 is 1.64 bits per heavy atom. The van der Waals surface area contributed by atoms with Gasteiger partial charge < -0.3 is 4.74 Å². The highest BCUT2D eigenvalue weighted by Crippen LogP contribution is 2.28. The third-order valence-electron chi connectivity index (χ3n) is 1.98. The van der Waals surface area contributed by atoms with Crippen LogP contribution in [0.15, 0.2) is 15.8 Å². The average Bonchev–Trinajstić information content (AvgIpc) is 2.64. The van der Waals surface area contributed by atoms with Gasteiger partial charge in [-0.1, -0.05) is 0 Å². The predicted octanol–water partition coefficient (Wildman–Crippen LogP) is 0.0645. The molecule has 0 unspecified atom stereocenters. The monoisotopic (exact) mass is 214 g/mol. The van der Waals surface area contributed by atoms with Crippen LogP contribution in [0.4, 0.5) is 0 Å². The molecule has 1 atom stereocenters. The zero-order valence-electron chi connectivity index (χ0n) is 7.65. The van der Waals surface area contributed by atoms with E-state index in [1.165, 1.54) is 10.8 Å². The molecule has 2 heterocycles. The Labute approximate surface area is 84.1 Å². The fraction of sp³-hybridized carbons (Fsp3) is 0.500. The number of aromatic nitrogens is 2. The van der Waals surface area contributed by atoms with Crippen molar-refractivity contribution in [3.63, 3.8) is 0 Å². The van der Waals surface area contributed by atoms with Crippen molar-refractivity contribution in [2.24, 2.45) is 0 Å². The van der Waals surface area contributed by atoms with E-state index in [9.17, 15) is 9.59 Å². The molecule has 1 aliphatic heterocycles. The van der Waals surface area contributed by atoms with Gasteiger partial charge in [0.2, 0.25) is 0 Å². The summed E-state index contributed by atoms with van der Waals surface area (Å²) in [4.78, 5) is 24.7. The van der Waals surface area contributed by atoms with E-state index < -0.39 is 5.69 Å². The largest absolute Gasteiger partial charge is 0.347 e. The molecule has 1 aromatic rings. The minimum absolute atomic E-state index is 0.293. The summed E-state index contributed by atoms with van der Waals surface area (Å²) in [6.45, 7) is 2.30. The van der Waals surface area contributed by atoms with Gasteiger partial charge in [-0.05, 0) is 6.92 Å². The number of nitrogens with one attached hydrogen (secondary N) is 1. The van der Waals surface area contributed by atoms with Crippen LogP contribution in [0.5, 0.6) is 0 Å². The second-order valence-electron chi connectivity index (χ2n) is 3.03. The molecule has 5 nitrogen and oxygen atoms in total. The number of thioether (sulfide) groups is 1.